The Morgan fingerprint density at radius 2 is 1.96 bits per heavy atom. The zero-order valence-corrected chi connectivity index (χ0v) is 15.9. The summed E-state index contributed by atoms with van der Waals surface area (Å²) in [4.78, 5) is 12.6. The molecule has 1 aromatic rings. The lowest BCUT2D eigenvalue weighted by Crippen LogP contribution is -2.33. The summed E-state index contributed by atoms with van der Waals surface area (Å²) in [5.74, 6) is 0.250. The van der Waals surface area contributed by atoms with Crippen LogP contribution in [0.25, 0.3) is 0 Å². The summed E-state index contributed by atoms with van der Waals surface area (Å²) in [6, 6.07) is 6.95. The van der Waals surface area contributed by atoms with Crippen LogP contribution in [-0.2, 0) is 14.8 Å². The van der Waals surface area contributed by atoms with Gasteiger partial charge in [-0.25, -0.2) is 8.42 Å². The molecule has 2 atom stereocenters. The van der Waals surface area contributed by atoms with Crippen LogP contribution >= 0.6 is 0 Å². The van der Waals surface area contributed by atoms with Gasteiger partial charge < -0.3 is 0 Å². The van der Waals surface area contributed by atoms with E-state index in [4.69, 9.17) is 0 Å². The molecular weight excluding hydrogens is 334 g/mol. The molecule has 2 fully saturated rings. The molecule has 1 saturated heterocycles. The van der Waals surface area contributed by atoms with Gasteiger partial charge in [-0.3, -0.25) is 4.79 Å². The fraction of sp³-hybridized carbons (Fsp3) is 0.550. The molecule has 136 valence electrons. The van der Waals surface area contributed by atoms with Crippen molar-refractivity contribution in [2.45, 2.75) is 50.8 Å². The fourth-order valence-corrected chi connectivity index (χ4v) is 5.82. The van der Waals surface area contributed by atoms with Gasteiger partial charge in [0.15, 0.2) is 0 Å². The van der Waals surface area contributed by atoms with Crippen molar-refractivity contribution in [1.29, 1.82) is 0 Å². The molecule has 0 unspecified atom stereocenters. The molecule has 1 aliphatic carbocycles. The summed E-state index contributed by atoms with van der Waals surface area (Å²) in [6.45, 7) is 8.81. The number of aryl methyl sites for hydroxylation is 1. The van der Waals surface area contributed by atoms with E-state index in [1.807, 2.05) is 25.1 Å². The third-order valence-electron chi connectivity index (χ3n) is 5.92. The van der Waals surface area contributed by atoms with Crippen LogP contribution in [0.1, 0.15) is 44.6 Å². The predicted molar refractivity (Wildman–Crippen MR) is 98.8 cm³/mol. The smallest absolute Gasteiger partial charge is 0.243 e. The molecule has 0 amide bonds. The lowest BCUT2D eigenvalue weighted by molar-refractivity contribution is -0.120. The van der Waals surface area contributed by atoms with Gasteiger partial charge in [-0.05, 0) is 31.9 Å². The normalized spacial score (nSPS) is 28.6. The van der Waals surface area contributed by atoms with Crippen LogP contribution in [0.5, 0.6) is 0 Å². The number of piperidine rings is 1. The minimum Gasteiger partial charge on any atom is -0.300 e. The Hall–Kier alpha value is -1.46. The quantitative estimate of drug-likeness (QED) is 0.663. The van der Waals surface area contributed by atoms with E-state index in [0.29, 0.717) is 30.8 Å². The molecule has 2 aliphatic rings. The van der Waals surface area contributed by atoms with E-state index in [0.717, 1.165) is 24.8 Å². The lowest BCUT2D eigenvalue weighted by Gasteiger charge is -2.20. The molecule has 0 aromatic heterocycles. The van der Waals surface area contributed by atoms with Gasteiger partial charge in [0.25, 0.3) is 0 Å². The first-order chi connectivity index (χ1) is 11.8. The van der Waals surface area contributed by atoms with Crippen molar-refractivity contribution in [2.75, 3.05) is 13.1 Å². The summed E-state index contributed by atoms with van der Waals surface area (Å²) in [6.07, 6.45) is 5.72. The number of hydrogen-bond acceptors (Lipinski definition) is 3. The van der Waals surface area contributed by atoms with E-state index in [9.17, 15) is 13.2 Å². The average molecular weight is 362 g/mol. The second-order valence-corrected chi connectivity index (χ2v) is 9.66. The molecular formula is C20H27NO3S. The number of fused-ring (bicyclic) bond motifs is 1. The summed E-state index contributed by atoms with van der Waals surface area (Å²) >= 11 is 0. The van der Waals surface area contributed by atoms with Gasteiger partial charge in [0.2, 0.25) is 10.0 Å². The zero-order chi connectivity index (χ0) is 18.3. The van der Waals surface area contributed by atoms with Crippen LogP contribution in [-0.4, -0.2) is 31.6 Å². The van der Waals surface area contributed by atoms with Crippen molar-refractivity contribution in [3.63, 3.8) is 0 Å². The topological polar surface area (TPSA) is 54.5 Å². The number of benzene rings is 1. The Morgan fingerprint density at radius 1 is 1.28 bits per heavy atom. The first kappa shape index (κ1) is 18.3. The molecule has 1 heterocycles. The number of Topliss-reactive ketones (excluding diaryl/α,β-unsaturated/α-hetero) is 1. The van der Waals surface area contributed by atoms with Crippen molar-refractivity contribution in [1.82, 2.24) is 4.31 Å². The van der Waals surface area contributed by atoms with E-state index in [2.05, 4.69) is 13.5 Å². The maximum absolute atomic E-state index is 13.0. The van der Waals surface area contributed by atoms with E-state index >= 15 is 0 Å². The molecule has 5 heteroatoms. The number of nitrogens with zero attached hydrogens (tertiary/aromatic N) is 1. The number of unbranched alkanes of at least 4 members (excludes halogenated alkanes) is 1. The highest BCUT2D eigenvalue weighted by Gasteiger charge is 2.71. The van der Waals surface area contributed by atoms with Crippen LogP contribution in [0.4, 0.5) is 0 Å². The average Bonchev–Trinajstić information content (AvgIpc) is 3.07. The van der Waals surface area contributed by atoms with Crippen LogP contribution in [0.3, 0.4) is 0 Å². The fourth-order valence-electron chi connectivity index (χ4n) is 4.22. The van der Waals surface area contributed by atoms with Gasteiger partial charge in [0.1, 0.15) is 5.78 Å². The van der Waals surface area contributed by atoms with Crippen LogP contribution in [0, 0.1) is 17.8 Å². The highest BCUT2D eigenvalue weighted by molar-refractivity contribution is 7.89. The number of carbonyl (C=O) groups is 1. The monoisotopic (exact) mass is 361 g/mol. The van der Waals surface area contributed by atoms with Crippen molar-refractivity contribution in [3.8, 4) is 0 Å². The SMILES string of the molecule is C=C[C@]12CN(S(=O)(=O)c3ccc(C)cc3)C[C@@]1(CC(=O)CCCC)C2. The van der Waals surface area contributed by atoms with E-state index < -0.39 is 10.0 Å². The number of hydrogen-bond donors (Lipinski definition) is 0. The van der Waals surface area contributed by atoms with Gasteiger partial charge in [-0.15, -0.1) is 6.58 Å². The molecule has 0 bridgehead atoms. The minimum atomic E-state index is -3.52. The second-order valence-electron chi connectivity index (χ2n) is 7.72. The van der Waals surface area contributed by atoms with E-state index in [1.54, 1.807) is 16.4 Å². The second kappa shape index (κ2) is 6.36. The summed E-state index contributed by atoms with van der Waals surface area (Å²) in [5.41, 5.74) is 0.563. The van der Waals surface area contributed by atoms with Crippen LogP contribution in [0.2, 0.25) is 0 Å². The van der Waals surface area contributed by atoms with Gasteiger partial charge in [-0.2, -0.15) is 4.31 Å². The molecule has 1 aromatic carbocycles. The van der Waals surface area contributed by atoms with Gasteiger partial charge >= 0.3 is 0 Å². The molecule has 4 nitrogen and oxygen atoms in total. The Kier molecular flexibility index (Phi) is 4.67. The Morgan fingerprint density at radius 3 is 2.56 bits per heavy atom. The summed E-state index contributed by atoms with van der Waals surface area (Å²) in [7, 11) is -3.52. The lowest BCUT2D eigenvalue weighted by atomic mass is 9.90. The summed E-state index contributed by atoms with van der Waals surface area (Å²) < 4.78 is 27.5. The Bertz CT molecular complexity index is 784. The van der Waals surface area contributed by atoms with Crippen molar-refractivity contribution in [2.24, 2.45) is 10.8 Å². The number of rotatable bonds is 8. The molecule has 0 radical (unpaired) electrons. The standard InChI is InChI=1S/C20H27NO3S/c1-4-6-7-17(22)12-20-13-19(20,5-2)14-21(15-20)25(23,24)18-10-8-16(3)9-11-18/h5,8-11H,2,4,6-7,12-15H2,1,3H3/t19-,20+/m0/s1. The van der Waals surface area contributed by atoms with Crippen LogP contribution < -0.4 is 0 Å². The zero-order valence-electron chi connectivity index (χ0n) is 15.1. The maximum atomic E-state index is 13.0. The molecule has 0 spiro atoms. The third kappa shape index (κ3) is 3.08. The van der Waals surface area contributed by atoms with Crippen molar-refractivity contribution < 1.29 is 13.2 Å². The highest BCUT2D eigenvalue weighted by atomic mass is 32.2. The first-order valence-electron chi connectivity index (χ1n) is 9.01. The summed E-state index contributed by atoms with van der Waals surface area (Å²) in [5, 5.41) is 0. The molecule has 1 aliphatic heterocycles. The van der Waals surface area contributed by atoms with Crippen LogP contribution in [0.15, 0.2) is 41.8 Å². The molecule has 0 N–H and O–H groups in total. The van der Waals surface area contributed by atoms with Gasteiger partial charge in [0, 0.05) is 36.8 Å². The van der Waals surface area contributed by atoms with E-state index in [-0.39, 0.29) is 16.6 Å². The Balaban J connectivity index is 1.79. The highest BCUT2D eigenvalue weighted by Crippen LogP contribution is 2.71. The number of carbonyl (C=O) groups excluding carboxylic acids is 1. The molecule has 25 heavy (non-hydrogen) atoms. The van der Waals surface area contributed by atoms with E-state index in [1.165, 1.54) is 0 Å². The van der Waals surface area contributed by atoms with Crippen molar-refractivity contribution in [3.05, 3.63) is 42.5 Å². The number of ketones is 1. The first-order valence-corrected chi connectivity index (χ1v) is 10.4. The molecule has 1 saturated carbocycles. The Labute approximate surface area is 151 Å². The van der Waals surface area contributed by atoms with Gasteiger partial charge in [0.05, 0.1) is 4.90 Å². The minimum absolute atomic E-state index is 0.230. The number of sulfonamides is 1. The largest absolute Gasteiger partial charge is 0.300 e. The van der Waals surface area contributed by atoms with Gasteiger partial charge in [-0.1, -0.05) is 37.1 Å². The van der Waals surface area contributed by atoms with Crippen molar-refractivity contribution >= 4 is 15.8 Å². The third-order valence-corrected chi connectivity index (χ3v) is 7.72. The molecule has 3 rings (SSSR count). The predicted octanol–water partition coefficient (Wildman–Crippen LogP) is 3.71. The maximum Gasteiger partial charge on any atom is 0.243 e.